The van der Waals surface area contributed by atoms with Crippen molar-refractivity contribution in [2.45, 2.75) is 26.4 Å². The van der Waals surface area contributed by atoms with E-state index in [0.29, 0.717) is 42.9 Å². The molecule has 8 heteroatoms. The summed E-state index contributed by atoms with van der Waals surface area (Å²) >= 11 is 0. The molecular weight excluding hydrogens is 313 g/mol. The van der Waals surface area contributed by atoms with Crippen LogP contribution >= 0.6 is 0 Å². The number of benzene rings is 1. The van der Waals surface area contributed by atoms with Crippen molar-refractivity contribution in [1.82, 2.24) is 20.8 Å². The predicted molar refractivity (Wildman–Crippen MR) is 88.6 cm³/mol. The Morgan fingerprint density at radius 3 is 2.92 bits per heavy atom. The fraction of sp³-hybridized carbons (Fsp3) is 0.438. The third-order valence-electron chi connectivity index (χ3n) is 3.11. The number of nitrogens with zero attached hydrogens (tertiary/aromatic N) is 3. The van der Waals surface area contributed by atoms with Crippen LogP contribution in [0, 0.1) is 12.7 Å². The number of halogens is 1. The highest BCUT2D eigenvalue weighted by atomic mass is 19.1. The molecule has 1 aromatic carbocycles. The Hall–Kier alpha value is -2.64. The van der Waals surface area contributed by atoms with Gasteiger partial charge in [-0.1, -0.05) is 11.2 Å². The first-order valence-corrected chi connectivity index (χ1v) is 7.72. The van der Waals surface area contributed by atoms with E-state index in [2.05, 4.69) is 25.8 Å². The van der Waals surface area contributed by atoms with Crippen molar-refractivity contribution in [3.05, 3.63) is 41.8 Å². The van der Waals surface area contributed by atoms with E-state index in [4.69, 9.17) is 9.26 Å². The summed E-state index contributed by atoms with van der Waals surface area (Å²) in [5.41, 5.74) is 0. The molecule has 130 valence electrons. The summed E-state index contributed by atoms with van der Waals surface area (Å²) in [4.78, 5) is 8.26. The molecule has 2 aromatic rings. The van der Waals surface area contributed by atoms with Gasteiger partial charge in [-0.05, 0) is 26.0 Å². The van der Waals surface area contributed by atoms with E-state index in [1.54, 1.807) is 26.1 Å². The van der Waals surface area contributed by atoms with E-state index in [1.165, 1.54) is 12.1 Å². The van der Waals surface area contributed by atoms with Gasteiger partial charge in [0.2, 0.25) is 5.89 Å². The molecule has 24 heavy (non-hydrogen) atoms. The van der Waals surface area contributed by atoms with Gasteiger partial charge in [0.1, 0.15) is 17.7 Å². The molecule has 0 radical (unpaired) electrons. The number of aryl methyl sites for hydroxylation is 1. The lowest BCUT2D eigenvalue weighted by molar-refractivity contribution is 0.223. The Labute approximate surface area is 140 Å². The van der Waals surface area contributed by atoms with Crippen LogP contribution in [0.5, 0.6) is 5.75 Å². The highest BCUT2D eigenvalue weighted by Gasteiger charge is 2.07. The molecule has 0 aliphatic carbocycles. The second-order valence-corrected chi connectivity index (χ2v) is 5.25. The van der Waals surface area contributed by atoms with Crippen LogP contribution in [0.2, 0.25) is 0 Å². The lowest BCUT2D eigenvalue weighted by Crippen LogP contribution is -2.42. The van der Waals surface area contributed by atoms with Crippen LogP contribution in [-0.2, 0) is 6.42 Å². The number of nitrogens with one attached hydrogen (secondary N) is 2. The third kappa shape index (κ3) is 5.86. The van der Waals surface area contributed by atoms with Gasteiger partial charge in [0.25, 0.3) is 0 Å². The van der Waals surface area contributed by atoms with Crippen molar-refractivity contribution in [1.29, 1.82) is 0 Å². The van der Waals surface area contributed by atoms with Crippen LogP contribution < -0.4 is 15.4 Å². The fourth-order valence-corrected chi connectivity index (χ4v) is 2.00. The standard InChI is InChI=1S/C16H22FN5O2/c1-11(23-14-6-4-5-13(17)9-14)10-20-16(18-3)19-8-7-15-21-12(2)22-24-15/h4-6,9,11H,7-8,10H2,1-3H3,(H2,18,19,20). The van der Waals surface area contributed by atoms with Crippen LogP contribution in [0.1, 0.15) is 18.6 Å². The highest BCUT2D eigenvalue weighted by Crippen LogP contribution is 2.13. The molecule has 2 N–H and O–H groups in total. The molecule has 0 saturated carbocycles. The SMILES string of the molecule is CN=C(NCCc1nc(C)no1)NCC(C)Oc1cccc(F)c1. The Morgan fingerprint density at radius 1 is 1.42 bits per heavy atom. The van der Waals surface area contributed by atoms with E-state index in [9.17, 15) is 4.39 Å². The maximum atomic E-state index is 13.1. The van der Waals surface area contributed by atoms with Gasteiger partial charge in [-0.2, -0.15) is 4.98 Å². The smallest absolute Gasteiger partial charge is 0.228 e. The monoisotopic (exact) mass is 335 g/mol. The van der Waals surface area contributed by atoms with Crippen molar-refractivity contribution in [2.75, 3.05) is 20.1 Å². The van der Waals surface area contributed by atoms with Gasteiger partial charge in [-0.3, -0.25) is 4.99 Å². The summed E-state index contributed by atoms with van der Waals surface area (Å²) in [6.45, 7) is 4.81. The zero-order valence-corrected chi connectivity index (χ0v) is 14.0. The molecule has 1 unspecified atom stereocenters. The quantitative estimate of drug-likeness (QED) is 0.592. The second kappa shape index (κ2) is 8.85. The number of hydrogen-bond donors (Lipinski definition) is 2. The van der Waals surface area contributed by atoms with Gasteiger partial charge in [-0.25, -0.2) is 4.39 Å². The molecule has 1 atom stereocenters. The molecule has 0 bridgehead atoms. The number of aliphatic imine (C=N–C) groups is 1. The topological polar surface area (TPSA) is 84.6 Å². The highest BCUT2D eigenvalue weighted by molar-refractivity contribution is 5.79. The van der Waals surface area contributed by atoms with E-state index in [1.807, 2.05) is 6.92 Å². The van der Waals surface area contributed by atoms with Crippen LogP contribution in [0.25, 0.3) is 0 Å². The molecule has 7 nitrogen and oxygen atoms in total. The third-order valence-corrected chi connectivity index (χ3v) is 3.11. The maximum absolute atomic E-state index is 13.1. The Balaban J connectivity index is 1.70. The van der Waals surface area contributed by atoms with Crippen molar-refractivity contribution < 1.29 is 13.7 Å². The van der Waals surface area contributed by atoms with Crippen LogP contribution in [0.15, 0.2) is 33.8 Å². The molecule has 0 spiro atoms. The minimum Gasteiger partial charge on any atom is -0.489 e. The number of aromatic nitrogens is 2. The Bertz CT molecular complexity index is 674. The van der Waals surface area contributed by atoms with Crippen molar-refractivity contribution in [3.63, 3.8) is 0 Å². The molecule has 1 heterocycles. The fourth-order valence-electron chi connectivity index (χ4n) is 2.00. The molecule has 0 fully saturated rings. The van der Waals surface area contributed by atoms with E-state index in [0.717, 1.165) is 0 Å². The zero-order chi connectivity index (χ0) is 17.4. The van der Waals surface area contributed by atoms with E-state index >= 15 is 0 Å². The van der Waals surface area contributed by atoms with Gasteiger partial charge < -0.3 is 19.9 Å². The summed E-state index contributed by atoms with van der Waals surface area (Å²) < 4.78 is 23.8. The molecule has 1 aromatic heterocycles. The normalized spacial score (nSPS) is 12.8. The first kappa shape index (κ1) is 17.7. The van der Waals surface area contributed by atoms with Crippen molar-refractivity contribution in [3.8, 4) is 5.75 Å². The van der Waals surface area contributed by atoms with Gasteiger partial charge in [0.15, 0.2) is 11.8 Å². The summed E-state index contributed by atoms with van der Waals surface area (Å²) in [5.74, 6) is 2.02. The number of hydrogen-bond acceptors (Lipinski definition) is 5. The molecule has 0 aliphatic rings. The molecule has 2 rings (SSSR count). The van der Waals surface area contributed by atoms with Crippen LogP contribution in [0.3, 0.4) is 0 Å². The molecule has 0 amide bonds. The number of rotatable bonds is 7. The van der Waals surface area contributed by atoms with Crippen molar-refractivity contribution >= 4 is 5.96 Å². The first-order valence-electron chi connectivity index (χ1n) is 7.72. The predicted octanol–water partition coefficient (Wildman–Crippen LogP) is 1.69. The lowest BCUT2D eigenvalue weighted by atomic mass is 10.3. The average molecular weight is 335 g/mol. The van der Waals surface area contributed by atoms with E-state index in [-0.39, 0.29) is 11.9 Å². The molecular formula is C16H22FN5O2. The minimum atomic E-state index is -0.318. The second-order valence-electron chi connectivity index (χ2n) is 5.25. The van der Waals surface area contributed by atoms with Gasteiger partial charge in [-0.15, -0.1) is 0 Å². The van der Waals surface area contributed by atoms with Gasteiger partial charge >= 0.3 is 0 Å². The summed E-state index contributed by atoms with van der Waals surface area (Å²) in [5, 5.41) is 10.0. The number of guanidine groups is 1. The maximum Gasteiger partial charge on any atom is 0.228 e. The van der Waals surface area contributed by atoms with E-state index < -0.39 is 0 Å². The summed E-state index contributed by atoms with van der Waals surface area (Å²) in [6.07, 6.45) is 0.459. The Kier molecular flexibility index (Phi) is 6.53. The average Bonchev–Trinajstić information content (AvgIpc) is 2.96. The lowest BCUT2D eigenvalue weighted by Gasteiger charge is -2.17. The zero-order valence-electron chi connectivity index (χ0n) is 14.0. The molecule has 0 aliphatic heterocycles. The van der Waals surface area contributed by atoms with Crippen molar-refractivity contribution in [2.24, 2.45) is 4.99 Å². The largest absolute Gasteiger partial charge is 0.489 e. The molecule has 0 saturated heterocycles. The minimum absolute atomic E-state index is 0.149. The summed E-state index contributed by atoms with van der Waals surface area (Å²) in [6, 6.07) is 6.08. The van der Waals surface area contributed by atoms with Gasteiger partial charge in [0, 0.05) is 26.1 Å². The van der Waals surface area contributed by atoms with Crippen LogP contribution in [0.4, 0.5) is 4.39 Å². The van der Waals surface area contributed by atoms with Crippen LogP contribution in [-0.4, -0.2) is 42.3 Å². The van der Waals surface area contributed by atoms with Gasteiger partial charge in [0.05, 0.1) is 6.54 Å². The number of ether oxygens (including phenoxy) is 1. The first-order chi connectivity index (χ1) is 11.6. The Morgan fingerprint density at radius 2 is 2.25 bits per heavy atom. The summed E-state index contributed by atoms with van der Waals surface area (Å²) in [7, 11) is 1.68.